The largest absolute Gasteiger partial charge is 0.394 e. The van der Waals surface area contributed by atoms with Crippen molar-refractivity contribution in [2.75, 3.05) is 6.61 Å². The van der Waals surface area contributed by atoms with Gasteiger partial charge in [-0.25, -0.2) is 4.98 Å². The summed E-state index contributed by atoms with van der Waals surface area (Å²) in [7, 11) is 0. The van der Waals surface area contributed by atoms with Crippen LogP contribution in [0.15, 0.2) is 78.9 Å². The second kappa shape index (κ2) is 9.94. The van der Waals surface area contributed by atoms with Gasteiger partial charge in [0.05, 0.1) is 12.7 Å². The maximum absolute atomic E-state index is 10.1. The standard InChI is InChI=1S/C25H24INO5/c26-21-13-7-12-18(27-21)14-19-22-23(32-24(29-19)16-8-3-1-4-9-16)20(15-28)30-25(31-22)17-10-5-2-6-11-17/h1-13,19-20,22-25,28H,14-15H2. The molecule has 6 unspecified atom stereocenters. The zero-order chi connectivity index (χ0) is 21.9. The lowest BCUT2D eigenvalue weighted by atomic mass is 9.95. The first-order chi connectivity index (χ1) is 15.7. The van der Waals surface area contributed by atoms with Crippen molar-refractivity contribution in [3.05, 3.63) is 99.4 Å². The fraction of sp³-hybridized carbons (Fsp3) is 0.320. The smallest absolute Gasteiger partial charge is 0.184 e. The van der Waals surface area contributed by atoms with E-state index in [4.69, 9.17) is 18.9 Å². The number of aromatic nitrogens is 1. The minimum atomic E-state index is -0.610. The van der Waals surface area contributed by atoms with Crippen LogP contribution in [-0.2, 0) is 25.4 Å². The van der Waals surface area contributed by atoms with Gasteiger partial charge >= 0.3 is 0 Å². The van der Waals surface area contributed by atoms with E-state index >= 15 is 0 Å². The number of pyridine rings is 1. The first-order valence-corrected chi connectivity index (χ1v) is 11.7. The molecule has 2 aliphatic rings. The molecule has 3 heterocycles. The molecule has 3 aromatic rings. The quantitative estimate of drug-likeness (QED) is 0.383. The van der Waals surface area contributed by atoms with E-state index in [9.17, 15) is 5.11 Å². The molecule has 5 rings (SSSR count). The molecule has 6 nitrogen and oxygen atoms in total. The molecule has 2 saturated heterocycles. The van der Waals surface area contributed by atoms with Crippen LogP contribution >= 0.6 is 22.6 Å². The number of nitrogens with zero attached hydrogens (tertiary/aromatic N) is 1. The zero-order valence-electron chi connectivity index (χ0n) is 17.3. The summed E-state index contributed by atoms with van der Waals surface area (Å²) in [5, 5.41) is 10.1. The van der Waals surface area contributed by atoms with Gasteiger partial charge in [-0.2, -0.15) is 0 Å². The number of hydrogen-bond donors (Lipinski definition) is 1. The SMILES string of the molecule is OCC1OC(c2ccccc2)OC2C(Cc3cccc(I)n3)OC(c3ccccc3)OC12. The second-order valence-electron chi connectivity index (χ2n) is 7.87. The Labute approximate surface area is 200 Å². The third kappa shape index (κ3) is 4.73. The van der Waals surface area contributed by atoms with Gasteiger partial charge in [-0.1, -0.05) is 66.7 Å². The molecule has 0 saturated carbocycles. The third-order valence-corrected chi connectivity index (χ3v) is 6.32. The molecule has 0 aliphatic carbocycles. The molecule has 2 aliphatic heterocycles. The first-order valence-electron chi connectivity index (χ1n) is 10.7. The molecule has 2 aromatic carbocycles. The van der Waals surface area contributed by atoms with Crippen LogP contribution in [0.25, 0.3) is 0 Å². The third-order valence-electron chi connectivity index (χ3n) is 5.72. The van der Waals surface area contributed by atoms with Gasteiger partial charge in [0.2, 0.25) is 0 Å². The number of aliphatic hydroxyl groups excluding tert-OH is 1. The monoisotopic (exact) mass is 545 g/mol. The predicted molar refractivity (Wildman–Crippen MR) is 126 cm³/mol. The Bertz CT molecular complexity index is 1020. The summed E-state index contributed by atoms with van der Waals surface area (Å²) in [5.74, 6) is 0. The van der Waals surface area contributed by atoms with Crippen LogP contribution in [-0.4, -0.2) is 41.1 Å². The van der Waals surface area contributed by atoms with Gasteiger partial charge in [-0.05, 0) is 34.7 Å². The lowest BCUT2D eigenvalue weighted by molar-refractivity contribution is -0.384. The van der Waals surface area contributed by atoms with Crippen LogP contribution < -0.4 is 0 Å². The van der Waals surface area contributed by atoms with Crippen molar-refractivity contribution in [1.29, 1.82) is 0 Å². The Hall–Kier alpha value is -1.88. The van der Waals surface area contributed by atoms with Gasteiger partial charge in [0.25, 0.3) is 0 Å². The van der Waals surface area contributed by atoms with E-state index in [0.717, 1.165) is 20.5 Å². The van der Waals surface area contributed by atoms with E-state index in [1.807, 2.05) is 78.9 Å². The maximum atomic E-state index is 10.1. The van der Waals surface area contributed by atoms with Crippen molar-refractivity contribution in [2.45, 2.75) is 43.4 Å². The Kier molecular flexibility index (Phi) is 6.82. The average molecular weight is 545 g/mol. The minimum Gasteiger partial charge on any atom is -0.394 e. The fourth-order valence-electron chi connectivity index (χ4n) is 4.19. The van der Waals surface area contributed by atoms with Crippen molar-refractivity contribution in [3.8, 4) is 0 Å². The average Bonchev–Trinajstić information content (AvgIpc) is 2.84. The predicted octanol–water partition coefficient (Wildman–Crippen LogP) is 4.19. The highest BCUT2D eigenvalue weighted by Gasteiger charge is 2.50. The topological polar surface area (TPSA) is 70.0 Å². The van der Waals surface area contributed by atoms with Gasteiger partial charge in [0.15, 0.2) is 12.6 Å². The van der Waals surface area contributed by atoms with Gasteiger partial charge in [-0.15, -0.1) is 0 Å². The Morgan fingerprint density at radius 3 is 1.81 bits per heavy atom. The fourth-order valence-corrected chi connectivity index (χ4v) is 4.71. The molecule has 1 N–H and O–H groups in total. The normalized spacial score (nSPS) is 29.9. The van der Waals surface area contributed by atoms with Crippen LogP contribution in [0.4, 0.5) is 0 Å². The number of halogens is 1. The minimum absolute atomic E-state index is 0.177. The first kappa shape index (κ1) is 21.9. The molecule has 7 heteroatoms. The summed E-state index contributed by atoms with van der Waals surface area (Å²) >= 11 is 2.21. The number of ether oxygens (including phenoxy) is 4. The molecular weight excluding hydrogens is 521 g/mol. The van der Waals surface area contributed by atoms with Crippen LogP contribution in [0.1, 0.15) is 29.4 Å². The molecule has 0 radical (unpaired) electrons. The van der Waals surface area contributed by atoms with Crippen molar-refractivity contribution < 1.29 is 24.1 Å². The van der Waals surface area contributed by atoms with Crippen molar-refractivity contribution in [3.63, 3.8) is 0 Å². The van der Waals surface area contributed by atoms with E-state index in [2.05, 4.69) is 27.6 Å². The van der Waals surface area contributed by atoms with Crippen LogP contribution in [0.5, 0.6) is 0 Å². The maximum Gasteiger partial charge on any atom is 0.184 e. The van der Waals surface area contributed by atoms with Crippen molar-refractivity contribution in [1.82, 2.24) is 4.98 Å². The Morgan fingerprint density at radius 2 is 1.25 bits per heavy atom. The molecule has 2 fully saturated rings. The van der Waals surface area contributed by atoms with Crippen molar-refractivity contribution >= 4 is 22.6 Å². The summed E-state index contributed by atoms with van der Waals surface area (Å²) in [6.07, 6.45) is -2.41. The molecule has 6 atom stereocenters. The highest BCUT2D eigenvalue weighted by molar-refractivity contribution is 14.1. The van der Waals surface area contributed by atoms with Gasteiger partial charge in [0.1, 0.15) is 22.0 Å². The molecule has 32 heavy (non-hydrogen) atoms. The second-order valence-corrected chi connectivity index (χ2v) is 8.98. The summed E-state index contributed by atoms with van der Waals surface area (Å²) in [6.45, 7) is -0.177. The number of benzene rings is 2. The van der Waals surface area contributed by atoms with Crippen LogP contribution in [0.3, 0.4) is 0 Å². The van der Waals surface area contributed by atoms with E-state index in [1.165, 1.54) is 0 Å². The summed E-state index contributed by atoms with van der Waals surface area (Å²) in [4.78, 5) is 4.65. The lowest BCUT2D eigenvalue weighted by Crippen LogP contribution is -2.59. The van der Waals surface area contributed by atoms with Crippen molar-refractivity contribution in [2.24, 2.45) is 0 Å². The summed E-state index contributed by atoms with van der Waals surface area (Å²) in [6, 6.07) is 25.5. The molecular formula is C25H24INO5. The number of fused-ring (bicyclic) bond motifs is 1. The lowest BCUT2D eigenvalue weighted by Gasteiger charge is -2.49. The number of hydrogen-bond acceptors (Lipinski definition) is 6. The molecule has 0 spiro atoms. The van der Waals surface area contributed by atoms with Crippen LogP contribution in [0.2, 0.25) is 0 Å². The summed E-state index contributed by atoms with van der Waals surface area (Å²) in [5.41, 5.74) is 2.72. The highest BCUT2D eigenvalue weighted by Crippen LogP contribution is 2.41. The molecule has 1 aromatic heterocycles. The van der Waals surface area contributed by atoms with E-state index in [-0.39, 0.29) is 12.7 Å². The number of aliphatic hydroxyl groups is 1. The van der Waals surface area contributed by atoms with E-state index in [1.54, 1.807) is 0 Å². The van der Waals surface area contributed by atoms with E-state index < -0.39 is 30.9 Å². The highest BCUT2D eigenvalue weighted by atomic mass is 127. The van der Waals surface area contributed by atoms with Crippen LogP contribution in [0, 0.1) is 3.70 Å². The number of rotatable bonds is 5. The van der Waals surface area contributed by atoms with Gasteiger partial charge in [-0.3, -0.25) is 0 Å². The van der Waals surface area contributed by atoms with Gasteiger partial charge < -0.3 is 24.1 Å². The zero-order valence-corrected chi connectivity index (χ0v) is 19.4. The molecule has 0 bridgehead atoms. The molecule has 0 amide bonds. The van der Waals surface area contributed by atoms with E-state index in [0.29, 0.717) is 6.42 Å². The molecule has 166 valence electrons. The Balaban J connectivity index is 1.47. The summed E-state index contributed by atoms with van der Waals surface area (Å²) < 4.78 is 26.2. The Morgan fingerprint density at radius 1 is 0.688 bits per heavy atom. The van der Waals surface area contributed by atoms with Gasteiger partial charge in [0, 0.05) is 23.2 Å².